The van der Waals surface area contributed by atoms with Crippen molar-refractivity contribution in [3.8, 4) is 0 Å². The SMILES string of the molecule is CCCCCn1ccc2c1CCCC2O. The summed E-state index contributed by atoms with van der Waals surface area (Å²) >= 11 is 0. The first kappa shape index (κ1) is 10.7. The van der Waals surface area contributed by atoms with Crippen LogP contribution >= 0.6 is 0 Å². The molecule has 1 aromatic heterocycles. The van der Waals surface area contributed by atoms with Crippen LogP contribution in [0.2, 0.25) is 0 Å². The van der Waals surface area contributed by atoms with E-state index in [4.69, 9.17) is 0 Å². The summed E-state index contributed by atoms with van der Waals surface area (Å²) in [6.45, 7) is 3.35. The van der Waals surface area contributed by atoms with E-state index in [0.717, 1.165) is 25.8 Å². The van der Waals surface area contributed by atoms with Gasteiger partial charge in [-0.3, -0.25) is 0 Å². The van der Waals surface area contributed by atoms with Crippen molar-refractivity contribution in [1.82, 2.24) is 4.57 Å². The molecule has 84 valence electrons. The molecular formula is C13H21NO. The van der Waals surface area contributed by atoms with Gasteiger partial charge in [0, 0.05) is 24.0 Å². The van der Waals surface area contributed by atoms with Crippen LogP contribution in [-0.2, 0) is 13.0 Å². The second-order valence-corrected chi connectivity index (χ2v) is 4.53. The third-order valence-electron chi connectivity index (χ3n) is 3.37. The molecule has 1 atom stereocenters. The summed E-state index contributed by atoms with van der Waals surface area (Å²) in [6.07, 6.45) is 8.98. The number of rotatable bonds is 4. The molecule has 1 aliphatic carbocycles. The maximum absolute atomic E-state index is 9.83. The highest BCUT2D eigenvalue weighted by atomic mass is 16.3. The van der Waals surface area contributed by atoms with Crippen LogP contribution in [0.1, 0.15) is 56.4 Å². The topological polar surface area (TPSA) is 25.2 Å². The zero-order chi connectivity index (χ0) is 10.7. The van der Waals surface area contributed by atoms with Crippen LogP contribution in [0, 0.1) is 0 Å². The fraction of sp³-hybridized carbons (Fsp3) is 0.692. The summed E-state index contributed by atoms with van der Waals surface area (Å²) in [5.74, 6) is 0. The summed E-state index contributed by atoms with van der Waals surface area (Å²) in [5, 5.41) is 9.83. The molecule has 2 rings (SSSR count). The van der Waals surface area contributed by atoms with Gasteiger partial charge in [0.1, 0.15) is 0 Å². The molecule has 1 heterocycles. The predicted octanol–water partition coefficient (Wildman–Crippen LogP) is 3.05. The van der Waals surface area contributed by atoms with Crippen molar-refractivity contribution in [2.24, 2.45) is 0 Å². The summed E-state index contributed by atoms with van der Waals surface area (Å²) in [5.41, 5.74) is 2.56. The van der Waals surface area contributed by atoms with E-state index in [1.807, 2.05) is 0 Å². The van der Waals surface area contributed by atoms with Gasteiger partial charge in [-0.2, -0.15) is 0 Å². The van der Waals surface area contributed by atoms with Gasteiger partial charge < -0.3 is 9.67 Å². The van der Waals surface area contributed by atoms with Crippen LogP contribution in [0.5, 0.6) is 0 Å². The fourth-order valence-electron chi connectivity index (χ4n) is 2.47. The Morgan fingerprint density at radius 3 is 3.13 bits per heavy atom. The number of fused-ring (bicyclic) bond motifs is 1. The van der Waals surface area contributed by atoms with E-state index in [9.17, 15) is 5.11 Å². The lowest BCUT2D eigenvalue weighted by molar-refractivity contribution is 0.155. The summed E-state index contributed by atoms with van der Waals surface area (Å²) < 4.78 is 2.34. The summed E-state index contributed by atoms with van der Waals surface area (Å²) in [4.78, 5) is 0. The Kier molecular flexibility index (Phi) is 3.47. The van der Waals surface area contributed by atoms with E-state index in [1.165, 1.54) is 30.5 Å². The average molecular weight is 207 g/mol. The van der Waals surface area contributed by atoms with Gasteiger partial charge in [-0.1, -0.05) is 19.8 Å². The lowest BCUT2D eigenvalue weighted by Crippen LogP contribution is -2.11. The molecule has 1 aliphatic rings. The molecule has 1 N–H and O–H groups in total. The van der Waals surface area contributed by atoms with Crippen molar-refractivity contribution in [2.75, 3.05) is 0 Å². The molecule has 0 fully saturated rings. The monoisotopic (exact) mass is 207 g/mol. The van der Waals surface area contributed by atoms with E-state index in [-0.39, 0.29) is 6.10 Å². The van der Waals surface area contributed by atoms with E-state index in [1.54, 1.807) is 0 Å². The van der Waals surface area contributed by atoms with E-state index in [2.05, 4.69) is 23.8 Å². The van der Waals surface area contributed by atoms with Crippen LogP contribution in [0.3, 0.4) is 0 Å². The minimum absolute atomic E-state index is 0.207. The van der Waals surface area contributed by atoms with Gasteiger partial charge in [-0.15, -0.1) is 0 Å². The molecule has 15 heavy (non-hydrogen) atoms. The van der Waals surface area contributed by atoms with Crippen molar-refractivity contribution in [3.05, 3.63) is 23.5 Å². The number of hydrogen-bond donors (Lipinski definition) is 1. The molecule has 0 aromatic carbocycles. The number of unbranched alkanes of at least 4 members (excludes halogenated alkanes) is 2. The molecule has 0 amide bonds. The Labute approximate surface area is 91.9 Å². The van der Waals surface area contributed by atoms with Gasteiger partial charge in [0.25, 0.3) is 0 Å². The van der Waals surface area contributed by atoms with Crippen LogP contribution in [0.15, 0.2) is 12.3 Å². The molecular weight excluding hydrogens is 186 g/mol. The molecule has 1 aromatic rings. The third kappa shape index (κ3) is 2.25. The molecule has 0 spiro atoms. The Morgan fingerprint density at radius 2 is 2.33 bits per heavy atom. The molecule has 0 saturated carbocycles. The molecule has 2 heteroatoms. The molecule has 0 radical (unpaired) electrons. The maximum atomic E-state index is 9.83. The maximum Gasteiger partial charge on any atom is 0.0807 e. The standard InChI is InChI=1S/C13H21NO/c1-2-3-4-9-14-10-8-11-12(14)6-5-7-13(11)15/h8,10,13,15H,2-7,9H2,1H3. The van der Waals surface area contributed by atoms with Crippen LogP contribution in [-0.4, -0.2) is 9.67 Å². The lowest BCUT2D eigenvalue weighted by Gasteiger charge is -2.20. The van der Waals surface area contributed by atoms with Gasteiger partial charge in [0.15, 0.2) is 0 Å². The molecule has 0 saturated heterocycles. The van der Waals surface area contributed by atoms with Crippen LogP contribution in [0.4, 0.5) is 0 Å². The van der Waals surface area contributed by atoms with Crippen molar-refractivity contribution in [2.45, 2.75) is 58.1 Å². The summed E-state index contributed by atoms with van der Waals surface area (Å²) in [7, 11) is 0. The van der Waals surface area contributed by atoms with E-state index in [0.29, 0.717) is 0 Å². The third-order valence-corrected chi connectivity index (χ3v) is 3.37. The second-order valence-electron chi connectivity index (χ2n) is 4.53. The lowest BCUT2D eigenvalue weighted by atomic mass is 9.95. The normalized spacial score (nSPS) is 20.3. The van der Waals surface area contributed by atoms with Crippen molar-refractivity contribution in [1.29, 1.82) is 0 Å². The van der Waals surface area contributed by atoms with Crippen molar-refractivity contribution in [3.63, 3.8) is 0 Å². The Bertz CT molecular complexity index is 316. The second kappa shape index (κ2) is 4.84. The number of aliphatic hydroxyl groups excluding tert-OH is 1. The Hall–Kier alpha value is -0.760. The van der Waals surface area contributed by atoms with Crippen LogP contribution < -0.4 is 0 Å². The number of hydrogen-bond acceptors (Lipinski definition) is 1. The minimum Gasteiger partial charge on any atom is -0.388 e. The molecule has 0 aliphatic heterocycles. The largest absolute Gasteiger partial charge is 0.388 e. The fourth-order valence-corrected chi connectivity index (χ4v) is 2.47. The van der Waals surface area contributed by atoms with E-state index < -0.39 is 0 Å². The van der Waals surface area contributed by atoms with Crippen molar-refractivity contribution >= 4 is 0 Å². The van der Waals surface area contributed by atoms with Gasteiger partial charge in [-0.25, -0.2) is 0 Å². The minimum atomic E-state index is -0.207. The van der Waals surface area contributed by atoms with Gasteiger partial charge in [0.2, 0.25) is 0 Å². The highest BCUT2D eigenvalue weighted by molar-refractivity contribution is 5.27. The summed E-state index contributed by atoms with van der Waals surface area (Å²) in [6, 6.07) is 2.10. The number of aryl methyl sites for hydroxylation is 1. The highest BCUT2D eigenvalue weighted by Crippen LogP contribution is 2.30. The number of nitrogens with zero attached hydrogens (tertiary/aromatic N) is 1. The van der Waals surface area contributed by atoms with Crippen LogP contribution in [0.25, 0.3) is 0 Å². The predicted molar refractivity (Wildman–Crippen MR) is 61.9 cm³/mol. The first-order valence-electron chi connectivity index (χ1n) is 6.19. The van der Waals surface area contributed by atoms with Gasteiger partial charge in [0.05, 0.1) is 6.10 Å². The molecule has 0 bridgehead atoms. The number of aromatic nitrogens is 1. The Morgan fingerprint density at radius 1 is 1.47 bits per heavy atom. The number of aliphatic hydroxyl groups is 1. The molecule has 2 nitrogen and oxygen atoms in total. The van der Waals surface area contributed by atoms with Gasteiger partial charge in [-0.05, 0) is 31.7 Å². The average Bonchev–Trinajstić information content (AvgIpc) is 2.64. The molecule has 1 unspecified atom stereocenters. The Balaban J connectivity index is 2.06. The quantitative estimate of drug-likeness (QED) is 0.754. The first-order chi connectivity index (χ1) is 7.33. The smallest absolute Gasteiger partial charge is 0.0807 e. The van der Waals surface area contributed by atoms with E-state index >= 15 is 0 Å². The first-order valence-corrected chi connectivity index (χ1v) is 6.19. The van der Waals surface area contributed by atoms with Crippen molar-refractivity contribution < 1.29 is 5.11 Å². The zero-order valence-corrected chi connectivity index (χ0v) is 9.58. The van der Waals surface area contributed by atoms with Gasteiger partial charge >= 0.3 is 0 Å². The highest BCUT2D eigenvalue weighted by Gasteiger charge is 2.20. The zero-order valence-electron chi connectivity index (χ0n) is 9.58.